The average molecular weight is 288 g/mol. The van der Waals surface area contributed by atoms with Crippen molar-refractivity contribution in [1.29, 1.82) is 0 Å². The zero-order chi connectivity index (χ0) is 14.5. The van der Waals surface area contributed by atoms with E-state index >= 15 is 0 Å². The second-order valence-corrected chi connectivity index (χ2v) is 6.24. The number of hydrogen-bond donors (Lipinski definition) is 2. The van der Waals surface area contributed by atoms with E-state index in [-0.39, 0.29) is 23.0 Å². The largest absolute Gasteiger partial charge is 0.329 e. The van der Waals surface area contributed by atoms with E-state index in [2.05, 4.69) is 4.72 Å². The van der Waals surface area contributed by atoms with E-state index in [1.54, 1.807) is 0 Å². The number of nitrogens with one attached hydrogen (secondary N) is 1. The summed E-state index contributed by atoms with van der Waals surface area (Å²) in [6, 6.07) is 3.72. The summed E-state index contributed by atoms with van der Waals surface area (Å²) in [6.07, 6.45) is 2.55. The Kier molecular flexibility index (Phi) is 5.90. The summed E-state index contributed by atoms with van der Waals surface area (Å²) in [5.41, 5.74) is 5.69. The first kappa shape index (κ1) is 16.1. The van der Waals surface area contributed by atoms with Gasteiger partial charge in [-0.1, -0.05) is 25.8 Å². The third-order valence-electron chi connectivity index (χ3n) is 3.02. The van der Waals surface area contributed by atoms with Gasteiger partial charge in [-0.05, 0) is 25.5 Å². The fourth-order valence-electron chi connectivity index (χ4n) is 1.84. The summed E-state index contributed by atoms with van der Waals surface area (Å²) in [6.45, 7) is 3.71. The second kappa shape index (κ2) is 6.98. The van der Waals surface area contributed by atoms with E-state index in [0.717, 1.165) is 12.8 Å². The third-order valence-corrected chi connectivity index (χ3v) is 4.68. The van der Waals surface area contributed by atoms with Gasteiger partial charge >= 0.3 is 0 Å². The lowest BCUT2D eigenvalue weighted by atomic mass is 10.1. The highest BCUT2D eigenvalue weighted by Crippen LogP contribution is 2.18. The molecule has 0 spiro atoms. The van der Waals surface area contributed by atoms with E-state index in [0.29, 0.717) is 6.42 Å². The van der Waals surface area contributed by atoms with Crippen LogP contribution >= 0.6 is 0 Å². The molecule has 6 heteroatoms. The predicted octanol–water partition coefficient (Wildman–Crippen LogP) is 1.93. The van der Waals surface area contributed by atoms with Crippen molar-refractivity contribution in [3.63, 3.8) is 0 Å². The monoisotopic (exact) mass is 288 g/mol. The maximum absolute atomic E-state index is 13.4. The first-order chi connectivity index (χ1) is 8.92. The molecule has 4 nitrogen and oxygen atoms in total. The molecule has 1 atom stereocenters. The van der Waals surface area contributed by atoms with Crippen molar-refractivity contribution in [1.82, 2.24) is 4.72 Å². The van der Waals surface area contributed by atoms with Crippen molar-refractivity contribution in [2.75, 3.05) is 6.54 Å². The van der Waals surface area contributed by atoms with Crippen molar-refractivity contribution in [3.05, 3.63) is 29.6 Å². The Balaban J connectivity index is 2.94. The van der Waals surface area contributed by atoms with Crippen LogP contribution in [0.15, 0.2) is 23.1 Å². The lowest BCUT2D eigenvalue weighted by molar-refractivity contribution is 0.515. The fourth-order valence-corrected chi connectivity index (χ4v) is 3.38. The zero-order valence-electron chi connectivity index (χ0n) is 11.3. The molecule has 0 amide bonds. The zero-order valence-corrected chi connectivity index (χ0v) is 12.1. The molecule has 0 aromatic heterocycles. The van der Waals surface area contributed by atoms with Gasteiger partial charge in [0.25, 0.3) is 0 Å². The van der Waals surface area contributed by atoms with Gasteiger partial charge in [-0.15, -0.1) is 0 Å². The number of unbranched alkanes of at least 4 members (excludes halogenated alkanes) is 1. The summed E-state index contributed by atoms with van der Waals surface area (Å²) >= 11 is 0. The standard InChI is InChI=1S/C13H21FN2O2S/c1-3-4-6-11(9-15)16-19(17,18)13-8-5-7-12(14)10(13)2/h5,7-8,11,16H,3-4,6,9,15H2,1-2H3. The molecule has 0 aliphatic heterocycles. The van der Waals surface area contributed by atoms with E-state index in [1.807, 2.05) is 6.92 Å². The minimum Gasteiger partial charge on any atom is -0.329 e. The van der Waals surface area contributed by atoms with Gasteiger partial charge in [-0.3, -0.25) is 0 Å². The maximum Gasteiger partial charge on any atom is 0.241 e. The molecule has 0 aliphatic rings. The van der Waals surface area contributed by atoms with Gasteiger partial charge in [0.15, 0.2) is 0 Å². The van der Waals surface area contributed by atoms with Crippen LogP contribution in [0, 0.1) is 12.7 Å². The lowest BCUT2D eigenvalue weighted by Crippen LogP contribution is -2.40. The number of hydrogen-bond acceptors (Lipinski definition) is 3. The fraction of sp³-hybridized carbons (Fsp3) is 0.538. The molecule has 1 unspecified atom stereocenters. The van der Waals surface area contributed by atoms with Crippen molar-refractivity contribution in [2.24, 2.45) is 5.73 Å². The summed E-state index contributed by atoms with van der Waals surface area (Å²) in [7, 11) is -3.73. The molecule has 108 valence electrons. The summed E-state index contributed by atoms with van der Waals surface area (Å²) in [5, 5.41) is 0. The molecular formula is C13H21FN2O2S. The van der Waals surface area contributed by atoms with E-state index in [4.69, 9.17) is 5.73 Å². The molecule has 0 saturated heterocycles. The van der Waals surface area contributed by atoms with Gasteiger partial charge in [0.1, 0.15) is 5.82 Å². The van der Waals surface area contributed by atoms with Crippen LogP contribution in [0.25, 0.3) is 0 Å². The van der Waals surface area contributed by atoms with Crippen molar-refractivity contribution < 1.29 is 12.8 Å². The highest BCUT2D eigenvalue weighted by atomic mass is 32.2. The van der Waals surface area contributed by atoms with Gasteiger partial charge < -0.3 is 5.73 Å². The van der Waals surface area contributed by atoms with Crippen LogP contribution in [0.5, 0.6) is 0 Å². The summed E-state index contributed by atoms with van der Waals surface area (Å²) in [4.78, 5) is -0.0255. The van der Waals surface area contributed by atoms with Crippen LogP contribution in [0.1, 0.15) is 31.7 Å². The molecule has 3 N–H and O–H groups in total. The molecule has 1 aromatic rings. The molecular weight excluding hydrogens is 267 g/mol. The van der Waals surface area contributed by atoms with Crippen LogP contribution in [0.3, 0.4) is 0 Å². The quantitative estimate of drug-likeness (QED) is 0.805. The molecule has 0 heterocycles. The van der Waals surface area contributed by atoms with Crippen molar-refractivity contribution in [3.8, 4) is 0 Å². The van der Waals surface area contributed by atoms with Crippen LogP contribution in [-0.2, 0) is 10.0 Å². The third kappa shape index (κ3) is 4.26. The van der Waals surface area contributed by atoms with Crippen LogP contribution in [-0.4, -0.2) is 21.0 Å². The number of sulfonamides is 1. The second-order valence-electron chi connectivity index (χ2n) is 4.56. The topological polar surface area (TPSA) is 72.2 Å². The number of benzene rings is 1. The van der Waals surface area contributed by atoms with Crippen LogP contribution < -0.4 is 10.5 Å². The average Bonchev–Trinajstić information content (AvgIpc) is 2.37. The van der Waals surface area contributed by atoms with E-state index in [1.165, 1.54) is 25.1 Å². The first-order valence-electron chi connectivity index (χ1n) is 6.40. The number of halogens is 1. The number of nitrogens with two attached hydrogens (primary N) is 1. The van der Waals surface area contributed by atoms with Gasteiger partial charge in [0.2, 0.25) is 10.0 Å². The molecule has 0 radical (unpaired) electrons. The van der Waals surface area contributed by atoms with Gasteiger partial charge in [0, 0.05) is 18.2 Å². The SMILES string of the molecule is CCCCC(CN)NS(=O)(=O)c1cccc(F)c1C. The lowest BCUT2D eigenvalue weighted by Gasteiger charge is -2.17. The Bertz CT molecular complexity index is 517. The minimum absolute atomic E-state index is 0.0255. The predicted molar refractivity (Wildman–Crippen MR) is 73.8 cm³/mol. The summed E-state index contributed by atoms with van der Waals surface area (Å²) in [5.74, 6) is -0.527. The number of rotatable bonds is 7. The smallest absolute Gasteiger partial charge is 0.241 e. The van der Waals surface area contributed by atoms with E-state index < -0.39 is 15.8 Å². The van der Waals surface area contributed by atoms with Crippen LogP contribution in [0.4, 0.5) is 4.39 Å². The van der Waals surface area contributed by atoms with Gasteiger partial charge in [0.05, 0.1) is 4.90 Å². The molecule has 19 heavy (non-hydrogen) atoms. The Morgan fingerprint density at radius 3 is 2.68 bits per heavy atom. The molecule has 0 fully saturated rings. The molecule has 1 aromatic carbocycles. The first-order valence-corrected chi connectivity index (χ1v) is 7.88. The van der Waals surface area contributed by atoms with Crippen molar-refractivity contribution >= 4 is 10.0 Å². The van der Waals surface area contributed by atoms with Gasteiger partial charge in [-0.2, -0.15) is 0 Å². The minimum atomic E-state index is -3.73. The normalized spacial score (nSPS) is 13.5. The Hall–Kier alpha value is -0.980. The van der Waals surface area contributed by atoms with Crippen LogP contribution in [0.2, 0.25) is 0 Å². The highest BCUT2D eigenvalue weighted by Gasteiger charge is 2.21. The highest BCUT2D eigenvalue weighted by molar-refractivity contribution is 7.89. The molecule has 1 rings (SSSR count). The van der Waals surface area contributed by atoms with Crippen molar-refractivity contribution in [2.45, 2.75) is 44.0 Å². The molecule has 0 bridgehead atoms. The molecule has 0 aliphatic carbocycles. The Labute approximate surface area is 114 Å². The Morgan fingerprint density at radius 2 is 2.11 bits per heavy atom. The Morgan fingerprint density at radius 1 is 1.42 bits per heavy atom. The molecule has 0 saturated carbocycles. The maximum atomic E-state index is 13.4. The summed E-state index contributed by atoms with van der Waals surface area (Å²) < 4.78 is 40.4. The van der Waals surface area contributed by atoms with E-state index in [9.17, 15) is 12.8 Å². The van der Waals surface area contributed by atoms with Gasteiger partial charge in [-0.25, -0.2) is 17.5 Å².